The van der Waals surface area contributed by atoms with Crippen LogP contribution < -0.4 is 5.32 Å². The molecule has 1 N–H and O–H groups in total. The van der Waals surface area contributed by atoms with Crippen LogP contribution in [-0.4, -0.2) is 20.3 Å². The van der Waals surface area contributed by atoms with Crippen molar-refractivity contribution in [2.24, 2.45) is 0 Å². The molecule has 132 valence electrons. The van der Waals surface area contributed by atoms with Crippen molar-refractivity contribution < 1.29 is 9.72 Å². The zero-order valence-electron chi connectivity index (χ0n) is 14.3. The van der Waals surface area contributed by atoms with Crippen LogP contribution in [0, 0.1) is 10.1 Å². The van der Waals surface area contributed by atoms with Gasteiger partial charge in [-0.2, -0.15) is 0 Å². The topological polar surface area (TPSA) is 90.1 Å². The molecule has 0 unspecified atom stereocenters. The highest BCUT2D eigenvalue weighted by Gasteiger charge is 2.28. The van der Waals surface area contributed by atoms with E-state index < -0.39 is 4.92 Å². The maximum Gasteiger partial charge on any atom is 0.293 e. The number of Topliss-reactive ketones (excluding diaryl/α,β-unsaturated/α-hetero) is 1. The van der Waals surface area contributed by atoms with Crippen LogP contribution in [0.2, 0.25) is 0 Å². The van der Waals surface area contributed by atoms with Gasteiger partial charge in [0, 0.05) is 17.7 Å². The number of fused-ring (bicyclic) bond motifs is 1. The molecule has 26 heavy (non-hydrogen) atoms. The molecule has 1 aliphatic rings. The molecule has 0 spiro atoms. The van der Waals surface area contributed by atoms with Crippen molar-refractivity contribution in [1.82, 2.24) is 9.55 Å². The van der Waals surface area contributed by atoms with Crippen molar-refractivity contribution in [1.29, 1.82) is 0 Å². The van der Waals surface area contributed by atoms with Crippen molar-refractivity contribution in [3.05, 3.63) is 64.0 Å². The number of nitrogens with zero attached hydrogens (tertiary/aromatic N) is 3. The lowest BCUT2D eigenvalue weighted by Gasteiger charge is -2.10. The first-order chi connectivity index (χ1) is 12.5. The van der Waals surface area contributed by atoms with E-state index in [0.29, 0.717) is 23.8 Å². The third-order valence-corrected chi connectivity index (χ3v) is 4.62. The van der Waals surface area contributed by atoms with Crippen LogP contribution in [0.25, 0.3) is 11.0 Å². The summed E-state index contributed by atoms with van der Waals surface area (Å²) in [6.07, 6.45) is 2.25. The number of nitro benzene ring substituents is 1. The number of ketones is 1. The summed E-state index contributed by atoms with van der Waals surface area (Å²) in [5, 5.41) is 14.5. The average Bonchev–Trinajstić information content (AvgIpc) is 3.39. The number of hydrogen-bond acceptors (Lipinski definition) is 5. The quantitative estimate of drug-likeness (QED) is 0.411. The highest BCUT2D eigenvalue weighted by molar-refractivity contribution is 5.95. The first-order valence-electron chi connectivity index (χ1n) is 8.53. The first-order valence-corrected chi connectivity index (χ1v) is 8.53. The van der Waals surface area contributed by atoms with Crippen molar-refractivity contribution in [2.75, 3.05) is 5.32 Å². The summed E-state index contributed by atoms with van der Waals surface area (Å²) in [5.74, 6) is 0.661. The third-order valence-electron chi connectivity index (χ3n) is 4.62. The zero-order valence-corrected chi connectivity index (χ0v) is 14.3. The molecule has 1 saturated carbocycles. The zero-order chi connectivity index (χ0) is 18.3. The van der Waals surface area contributed by atoms with Gasteiger partial charge in [0.2, 0.25) is 0 Å². The number of nitrogens with one attached hydrogen (secondary N) is 1. The molecule has 1 heterocycles. The molecular formula is C19H18N4O3. The molecule has 7 nitrogen and oxygen atoms in total. The summed E-state index contributed by atoms with van der Waals surface area (Å²) in [7, 11) is 0. The van der Waals surface area contributed by atoms with E-state index in [4.69, 9.17) is 0 Å². The Kier molecular flexibility index (Phi) is 3.91. The maximum absolute atomic E-state index is 11.5. The Labute approximate surface area is 149 Å². The van der Waals surface area contributed by atoms with E-state index >= 15 is 0 Å². The number of carbonyl (C=O) groups is 1. The second-order valence-electron chi connectivity index (χ2n) is 6.52. The number of anilines is 1. The highest BCUT2D eigenvalue weighted by atomic mass is 16.6. The molecule has 1 fully saturated rings. The molecule has 0 saturated heterocycles. The number of nitro groups is 1. The molecule has 1 aromatic heterocycles. The van der Waals surface area contributed by atoms with Gasteiger partial charge in [-0.15, -0.1) is 0 Å². The van der Waals surface area contributed by atoms with E-state index in [2.05, 4.69) is 14.9 Å². The van der Waals surface area contributed by atoms with Crippen LogP contribution in [0.3, 0.4) is 0 Å². The summed E-state index contributed by atoms with van der Waals surface area (Å²) in [6.45, 7) is 1.77. The second kappa shape index (κ2) is 6.25. The summed E-state index contributed by atoms with van der Waals surface area (Å²) in [5.41, 5.74) is 2.62. The molecule has 4 rings (SSSR count). The number of hydrogen-bond donors (Lipinski definition) is 1. The van der Waals surface area contributed by atoms with Crippen molar-refractivity contribution in [3.63, 3.8) is 0 Å². The Balaban J connectivity index is 1.66. The standard InChI is InChI=1S/C19H18N4O3/c1-12(24)13-6-9-15(18(10-13)23(25)26)20-11-19-21-16-4-2-3-5-17(16)22(19)14-7-8-14/h2-6,9-10,14,20H,7-8,11H2,1H3. The van der Waals surface area contributed by atoms with Gasteiger partial charge >= 0.3 is 0 Å². The average molecular weight is 350 g/mol. The number of para-hydroxylation sites is 2. The van der Waals surface area contributed by atoms with E-state index in [1.807, 2.05) is 24.3 Å². The van der Waals surface area contributed by atoms with Gasteiger partial charge in [-0.3, -0.25) is 14.9 Å². The molecule has 1 aliphatic carbocycles. The van der Waals surface area contributed by atoms with Crippen LogP contribution in [-0.2, 0) is 6.54 Å². The van der Waals surface area contributed by atoms with Gasteiger partial charge in [-0.25, -0.2) is 4.98 Å². The molecular weight excluding hydrogens is 332 g/mol. The first kappa shape index (κ1) is 16.3. The van der Waals surface area contributed by atoms with Crippen LogP contribution in [0.1, 0.15) is 42.0 Å². The van der Waals surface area contributed by atoms with E-state index in [0.717, 1.165) is 29.7 Å². The normalized spacial score (nSPS) is 13.7. The minimum absolute atomic E-state index is 0.105. The fraction of sp³-hybridized carbons (Fsp3) is 0.263. The van der Waals surface area contributed by atoms with Crippen LogP contribution in [0.4, 0.5) is 11.4 Å². The lowest BCUT2D eigenvalue weighted by molar-refractivity contribution is -0.384. The minimum atomic E-state index is -0.474. The largest absolute Gasteiger partial charge is 0.372 e. The van der Waals surface area contributed by atoms with Crippen LogP contribution >= 0.6 is 0 Å². The van der Waals surface area contributed by atoms with Crippen LogP contribution in [0.5, 0.6) is 0 Å². The molecule has 0 amide bonds. The Hall–Kier alpha value is -3.22. The predicted molar refractivity (Wildman–Crippen MR) is 98.4 cm³/mol. The van der Waals surface area contributed by atoms with Gasteiger partial charge in [-0.05, 0) is 44.0 Å². The molecule has 3 aromatic rings. The van der Waals surface area contributed by atoms with Crippen molar-refractivity contribution in [3.8, 4) is 0 Å². The number of carbonyl (C=O) groups excluding carboxylic acids is 1. The molecule has 0 atom stereocenters. The number of aromatic nitrogens is 2. The van der Waals surface area contributed by atoms with Gasteiger partial charge < -0.3 is 9.88 Å². The lowest BCUT2D eigenvalue weighted by Crippen LogP contribution is -2.09. The molecule has 0 aliphatic heterocycles. The van der Waals surface area contributed by atoms with E-state index in [1.54, 1.807) is 12.1 Å². The monoisotopic (exact) mass is 350 g/mol. The minimum Gasteiger partial charge on any atom is -0.372 e. The fourth-order valence-corrected chi connectivity index (χ4v) is 3.18. The Morgan fingerprint density at radius 1 is 1.31 bits per heavy atom. The summed E-state index contributed by atoms with van der Waals surface area (Å²) < 4.78 is 2.22. The molecule has 0 bridgehead atoms. The van der Waals surface area contributed by atoms with Crippen molar-refractivity contribution >= 4 is 28.2 Å². The van der Waals surface area contributed by atoms with E-state index in [1.165, 1.54) is 13.0 Å². The van der Waals surface area contributed by atoms with Gasteiger partial charge in [0.05, 0.1) is 22.5 Å². The van der Waals surface area contributed by atoms with Gasteiger partial charge in [-0.1, -0.05) is 12.1 Å². The van der Waals surface area contributed by atoms with Gasteiger partial charge in [0.15, 0.2) is 5.78 Å². The molecule has 2 aromatic carbocycles. The predicted octanol–water partition coefficient (Wildman–Crippen LogP) is 4.09. The third kappa shape index (κ3) is 2.92. The fourth-order valence-electron chi connectivity index (χ4n) is 3.18. The van der Waals surface area contributed by atoms with Gasteiger partial charge in [0.25, 0.3) is 5.69 Å². The lowest BCUT2D eigenvalue weighted by atomic mass is 10.1. The van der Waals surface area contributed by atoms with Gasteiger partial charge in [0.1, 0.15) is 11.5 Å². The SMILES string of the molecule is CC(=O)c1ccc(NCc2nc3ccccc3n2C2CC2)c([N+](=O)[O-])c1. The van der Waals surface area contributed by atoms with E-state index in [9.17, 15) is 14.9 Å². The van der Waals surface area contributed by atoms with Crippen molar-refractivity contribution in [2.45, 2.75) is 32.4 Å². The summed E-state index contributed by atoms with van der Waals surface area (Å²) in [6, 6.07) is 12.9. The van der Waals surface area contributed by atoms with E-state index in [-0.39, 0.29) is 11.5 Å². The number of rotatable bonds is 6. The Morgan fingerprint density at radius 3 is 2.77 bits per heavy atom. The molecule has 0 radical (unpaired) electrons. The Morgan fingerprint density at radius 2 is 2.08 bits per heavy atom. The highest BCUT2D eigenvalue weighted by Crippen LogP contribution is 2.39. The number of imidazole rings is 1. The Bertz CT molecular complexity index is 1020. The molecule has 7 heteroatoms. The smallest absolute Gasteiger partial charge is 0.293 e. The summed E-state index contributed by atoms with van der Waals surface area (Å²) >= 11 is 0. The second-order valence-corrected chi connectivity index (χ2v) is 6.52. The number of benzene rings is 2. The van der Waals surface area contributed by atoms with Crippen LogP contribution in [0.15, 0.2) is 42.5 Å². The maximum atomic E-state index is 11.5. The summed E-state index contributed by atoms with van der Waals surface area (Å²) in [4.78, 5) is 27.1.